The molecule has 0 aliphatic rings. The molecular weight excluding hydrogens is 253 g/mol. The number of halogens is 1. The summed E-state index contributed by atoms with van der Waals surface area (Å²) in [6.07, 6.45) is 1.87. The molecule has 2 heterocycles. The average Bonchev–Trinajstić information content (AvgIpc) is 2.92. The van der Waals surface area contributed by atoms with Crippen LogP contribution in [-0.2, 0) is 0 Å². The molecule has 0 aliphatic carbocycles. The van der Waals surface area contributed by atoms with Crippen molar-refractivity contribution in [3.8, 4) is 11.4 Å². The van der Waals surface area contributed by atoms with E-state index >= 15 is 0 Å². The molecule has 0 amide bonds. The van der Waals surface area contributed by atoms with Gasteiger partial charge in [0.25, 0.3) is 0 Å². The Balaban J connectivity index is 2.01. The largest absolute Gasteiger partial charge is 0.220 e. The number of aromatic nitrogens is 3. The van der Waals surface area contributed by atoms with Crippen LogP contribution in [0.25, 0.3) is 27.8 Å². The molecule has 2 aromatic carbocycles. The molecule has 0 saturated heterocycles. The summed E-state index contributed by atoms with van der Waals surface area (Å²) in [5.74, 6) is 0.243. The molecule has 3 nitrogen and oxygen atoms in total. The van der Waals surface area contributed by atoms with Crippen LogP contribution in [-0.4, -0.2) is 14.6 Å². The van der Waals surface area contributed by atoms with Gasteiger partial charge in [0.2, 0.25) is 0 Å². The Kier molecular flexibility index (Phi) is 2.29. The summed E-state index contributed by atoms with van der Waals surface area (Å²) in [7, 11) is 0. The van der Waals surface area contributed by atoms with Crippen molar-refractivity contribution in [1.82, 2.24) is 14.6 Å². The van der Waals surface area contributed by atoms with Gasteiger partial charge in [0, 0.05) is 17.1 Å². The third kappa shape index (κ3) is 1.66. The van der Waals surface area contributed by atoms with Gasteiger partial charge in [-0.15, -0.1) is 5.10 Å². The molecule has 0 bridgehead atoms. The standard InChI is InChI=1S/C16H10FN3/c17-13-6-3-5-12(10-13)15-18-16-14-7-2-1-4-11(14)8-9-20(16)19-15/h1-10H. The molecule has 0 fully saturated rings. The van der Waals surface area contributed by atoms with Gasteiger partial charge in [0.1, 0.15) is 5.82 Å². The number of hydrogen-bond acceptors (Lipinski definition) is 2. The Hall–Kier alpha value is -2.75. The first-order valence-corrected chi connectivity index (χ1v) is 6.31. The number of nitrogens with zero attached hydrogens (tertiary/aromatic N) is 3. The second kappa shape index (κ2) is 4.13. The van der Waals surface area contributed by atoms with Gasteiger partial charge in [0.05, 0.1) is 0 Å². The Labute approximate surface area is 114 Å². The predicted molar refractivity (Wildman–Crippen MR) is 75.9 cm³/mol. The van der Waals surface area contributed by atoms with Crippen molar-refractivity contribution in [2.45, 2.75) is 0 Å². The van der Waals surface area contributed by atoms with Gasteiger partial charge in [0.15, 0.2) is 11.5 Å². The highest BCUT2D eigenvalue weighted by atomic mass is 19.1. The molecular formula is C16H10FN3. The third-order valence-electron chi connectivity index (χ3n) is 3.31. The second-order valence-corrected chi connectivity index (χ2v) is 4.62. The van der Waals surface area contributed by atoms with Crippen LogP contribution < -0.4 is 0 Å². The van der Waals surface area contributed by atoms with E-state index < -0.39 is 0 Å². The van der Waals surface area contributed by atoms with Crippen LogP contribution in [0, 0.1) is 5.82 Å². The fourth-order valence-electron chi connectivity index (χ4n) is 2.36. The molecule has 4 rings (SSSR count). The molecule has 0 saturated carbocycles. The van der Waals surface area contributed by atoms with Crippen LogP contribution in [0.1, 0.15) is 0 Å². The topological polar surface area (TPSA) is 30.2 Å². The minimum Gasteiger partial charge on any atom is -0.220 e. The van der Waals surface area contributed by atoms with E-state index in [1.807, 2.05) is 36.5 Å². The summed E-state index contributed by atoms with van der Waals surface area (Å²) >= 11 is 0. The summed E-state index contributed by atoms with van der Waals surface area (Å²) in [6, 6.07) is 16.3. The first kappa shape index (κ1) is 11.1. The molecule has 2 aromatic heterocycles. The van der Waals surface area contributed by atoms with Crippen molar-refractivity contribution >= 4 is 16.4 Å². The number of rotatable bonds is 1. The lowest BCUT2D eigenvalue weighted by molar-refractivity contribution is 0.628. The number of benzene rings is 2. The summed E-state index contributed by atoms with van der Waals surface area (Å²) in [5, 5.41) is 6.56. The molecule has 0 atom stereocenters. The summed E-state index contributed by atoms with van der Waals surface area (Å²) in [6.45, 7) is 0. The number of hydrogen-bond donors (Lipinski definition) is 0. The maximum absolute atomic E-state index is 13.3. The molecule has 96 valence electrons. The lowest BCUT2D eigenvalue weighted by Gasteiger charge is -1.97. The fourth-order valence-corrected chi connectivity index (χ4v) is 2.36. The number of pyridine rings is 1. The minimum absolute atomic E-state index is 0.286. The van der Waals surface area contributed by atoms with Gasteiger partial charge in [-0.25, -0.2) is 13.9 Å². The van der Waals surface area contributed by atoms with E-state index in [4.69, 9.17) is 0 Å². The quantitative estimate of drug-likeness (QED) is 0.524. The van der Waals surface area contributed by atoms with E-state index in [9.17, 15) is 4.39 Å². The van der Waals surface area contributed by atoms with Crippen molar-refractivity contribution in [2.75, 3.05) is 0 Å². The van der Waals surface area contributed by atoms with Crippen molar-refractivity contribution in [2.24, 2.45) is 0 Å². The Morgan fingerprint density at radius 2 is 1.85 bits per heavy atom. The van der Waals surface area contributed by atoms with Gasteiger partial charge >= 0.3 is 0 Å². The van der Waals surface area contributed by atoms with Crippen LogP contribution in [0.3, 0.4) is 0 Å². The molecule has 0 N–H and O–H groups in total. The van der Waals surface area contributed by atoms with Crippen LogP contribution in [0.15, 0.2) is 60.8 Å². The van der Waals surface area contributed by atoms with Gasteiger partial charge < -0.3 is 0 Å². The van der Waals surface area contributed by atoms with E-state index in [2.05, 4.69) is 10.1 Å². The molecule has 0 radical (unpaired) electrons. The monoisotopic (exact) mass is 263 g/mol. The summed E-state index contributed by atoms with van der Waals surface area (Å²) in [4.78, 5) is 4.54. The minimum atomic E-state index is -0.286. The van der Waals surface area contributed by atoms with E-state index in [1.165, 1.54) is 12.1 Å². The Morgan fingerprint density at radius 1 is 0.950 bits per heavy atom. The molecule has 4 aromatic rings. The fraction of sp³-hybridized carbons (Fsp3) is 0. The van der Waals surface area contributed by atoms with Crippen molar-refractivity contribution < 1.29 is 4.39 Å². The molecule has 0 unspecified atom stereocenters. The third-order valence-corrected chi connectivity index (χ3v) is 3.31. The second-order valence-electron chi connectivity index (χ2n) is 4.62. The van der Waals surface area contributed by atoms with Crippen LogP contribution in [0.4, 0.5) is 4.39 Å². The lowest BCUT2D eigenvalue weighted by atomic mass is 10.2. The van der Waals surface area contributed by atoms with E-state index in [0.717, 1.165) is 16.4 Å². The molecule has 0 aliphatic heterocycles. The van der Waals surface area contributed by atoms with Crippen LogP contribution in [0.5, 0.6) is 0 Å². The van der Waals surface area contributed by atoms with Gasteiger partial charge in [-0.1, -0.05) is 36.4 Å². The van der Waals surface area contributed by atoms with E-state index in [1.54, 1.807) is 16.6 Å². The Morgan fingerprint density at radius 3 is 2.75 bits per heavy atom. The molecule has 0 spiro atoms. The van der Waals surface area contributed by atoms with E-state index in [0.29, 0.717) is 11.4 Å². The van der Waals surface area contributed by atoms with Crippen LogP contribution in [0.2, 0.25) is 0 Å². The zero-order chi connectivity index (χ0) is 13.5. The zero-order valence-electron chi connectivity index (χ0n) is 10.5. The summed E-state index contributed by atoms with van der Waals surface area (Å²) in [5.41, 5.74) is 1.46. The predicted octanol–water partition coefficient (Wildman–Crippen LogP) is 3.69. The highest BCUT2D eigenvalue weighted by Crippen LogP contribution is 2.22. The van der Waals surface area contributed by atoms with Crippen molar-refractivity contribution in [1.29, 1.82) is 0 Å². The SMILES string of the molecule is Fc1cccc(-c2nc3c4ccccc4ccn3n2)c1. The van der Waals surface area contributed by atoms with Crippen LogP contribution >= 0.6 is 0 Å². The highest BCUT2D eigenvalue weighted by molar-refractivity contribution is 5.94. The maximum atomic E-state index is 13.3. The normalized spacial score (nSPS) is 11.2. The molecule has 20 heavy (non-hydrogen) atoms. The van der Waals surface area contributed by atoms with Gasteiger partial charge in [-0.05, 0) is 23.6 Å². The Bertz CT molecular complexity index is 927. The lowest BCUT2D eigenvalue weighted by Crippen LogP contribution is -1.87. The average molecular weight is 263 g/mol. The first-order chi connectivity index (χ1) is 9.81. The van der Waals surface area contributed by atoms with E-state index in [-0.39, 0.29) is 5.82 Å². The maximum Gasteiger partial charge on any atom is 0.182 e. The van der Waals surface area contributed by atoms with Crippen molar-refractivity contribution in [3.05, 3.63) is 66.6 Å². The summed E-state index contributed by atoms with van der Waals surface area (Å²) < 4.78 is 15.0. The smallest absolute Gasteiger partial charge is 0.182 e. The van der Waals surface area contributed by atoms with Crippen molar-refractivity contribution in [3.63, 3.8) is 0 Å². The van der Waals surface area contributed by atoms with Gasteiger partial charge in [-0.3, -0.25) is 0 Å². The van der Waals surface area contributed by atoms with Gasteiger partial charge in [-0.2, -0.15) is 0 Å². The zero-order valence-corrected chi connectivity index (χ0v) is 10.5. The molecule has 4 heteroatoms. The number of fused-ring (bicyclic) bond motifs is 3. The highest BCUT2D eigenvalue weighted by Gasteiger charge is 2.09. The first-order valence-electron chi connectivity index (χ1n) is 6.31.